The fourth-order valence-electron chi connectivity index (χ4n) is 2.39. The summed E-state index contributed by atoms with van der Waals surface area (Å²) in [6, 6.07) is 16.5. The van der Waals surface area contributed by atoms with E-state index < -0.39 is 0 Å². The summed E-state index contributed by atoms with van der Waals surface area (Å²) in [5.74, 6) is 0.267. The van der Waals surface area contributed by atoms with Gasteiger partial charge in [-0.3, -0.25) is 4.79 Å². The third kappa shape index (κ3) is 4.02. The van der Waals surface area contributed by atoms with Crippen molar-refractivity contribution in [2.45, 2.75) is 0 Å². The van der Waals surface area contributed by atoms with E-state index in [-0.39, 0.29) is 5.91 Å². The number of halogens is 2. The third-order valence-corrected chi connectivity index (χ3v) is 5.61. The summed E-state index contributed by atoms with van der Waals surface area (Å²) in [5, 5.41) is 6.12. The zero-order chi connectivity index (χ0) is 18.8. The Hall–Kier alpha value is -2.29. The fraction of sp³-hybridized carbons (Fsp3) is 0. The molecular weight excluding hydrogens is 494 g/mol. The summed E-state index contributed by atoms with van der Waals surface area (Å²) in [6.07, 6.45) is 3.05. The Kier molecular flexibility index (Phi) is 5.20. The Morgan fingerprint density at radius 2 is 1.96 bits per heavy atom. The van der Waals surface area contributed by atoms with Crippen LogP contribution in [0.4, 0.5) is 5.13 Å². The van der Waals surface area contributed by atoms with E-state index in [1.165, 1.54) is 22.6 Å². The van der Waals surface area contributed by atoms with Crippen LogP contribution in [0.15, 0.2) is 79.3 Å². The lowest BCUT2D eigenvalue weighted by Crippen LogP contribution is -2.25. The monoisotopic (exact) mass is 503 g/mol. The number of hydrogen-bond acceptors (Lipinski definition) is 5. The van der Waals surface area contributed by atoms with Gasteiger partial charge in [-0.1, -0.05) is 49.3 Å². The van der Waals surface area contributed by atoms with Crippen molar-refractivity contribution in [1.29, 1.82) is 0 Å². The number of thiazole rings is 1. The highest BCUT2D eigenvalue weighted by Gasteiger charge is 2.21. The number of benzene rings is 2. The van der Waals surface area contributed by atoms with Gasteiger partial charge in [0.1, 0.15) is 5.76 Å². The van der Waals surface area contributed by atoms with Crippen LogP contribution in [-0.4, -0.2) is 17.1 Å². The van der Waals surface area contributed by atoms with Crippen LogP contribution >= 0.6 is 43.2 Å². The molecule has 27 heavy (non-hydrogen) atoms. The smallest absolute Gasteiger partial charge is 0.280 e. The van der Waals surface area contributed by atoms with Gasteiger partial charge in [-0.25, -0.2) is 4.98 Å². The number of amides is 1. The minimum absolute atomic E-state index is 0.280. The number of fused-ring (bicyclic) bond motifs is 1. The van der Waals surface area contributed by atoms with Gasteiger partial charge in [0.25, 0.3) is 5.91 Å². The summed E-state index contributed by atoms with van der Waals surface area (Å²) in [7, 11) is 0. The molecule has 8 heteroatoms. The molecule has 4 aromatic rings. The summed E-state index contributed by atoms with van der Waals surface area (Å²) in [4.78, 5) is 17.7. The number of furan rings is 1. The van der Waals surface area contributed by atoms with Crippen LogP contribution < -0.4 is 5.01 Å². The van der Waals surface area contributed by atoms with Gasteiger partial charge in [0, 0.05) is 14.5 Å². The molecule has 0 aliphatic rings. The van der Waals surface area contributed by atoms with E-state index in [0.29, 0.717) is 16.5 Å². The summed E-state index contributed by atoms with van der Waals surface area (Å²) in [5.41, 5.74) is 1.31. The number of carbonyl (C=O) groups is 1. The van der Waals surface area contributed by atoms with Gasteiger partial charge >= 0.3 is 0 Å². The van der Waals surface area contributed by atoms with Gasteiger partial charge in [0.15, 0.2) is 0 Å². The molecule has 0 unspecified atom stereocenters. The molecule has 0 atom stereocenters. The molecule has 0 saturated carbocycles. The molecule has 134 valence electrons. The van der Waals surface area contributed by atoms with Gasteiger partial charge in [-0.15, -0.1) is 0 Å². The van der Waals surface area contributed by atoms with Crippen molar-refractivity contribution in [2.75, 3.05) is 5.01 Å². The highest BCUT2D eigenvalue weighted by atomic mass is 79.9. The van der Waals surface area contributed by atoms with E-state index in [2.05, 4.69) is 41.9 Å². The van der Waals surface area contributed by atoms with Crippen LogP contribution in [0.25, 0.3) is 10.2 Å². The van der Waals surface area contributed by atoms with Gasteiger partial charge in [0.2, 0.25) is 5.13 Å². The number of hydrazone groups is 1. The Labute approximate surface area is 175 Å². The largest absolute Gasteiger partial charge is 0.463 e. The van der Waals surface area contributed by atoms with E-state index >= 15 is 0 Å². The van der Waals surface area contributed by atoms with E-state index in [0.717, 1.165) is 19.2 Å². The first-order chi connectivity index (χ1) is 13.1. The summed E-state index contributed by atoms with van der Waals surface area (Å²) in [6.45, 7) is 0. The molecule has 0 fully saturated rings. The van der Waals surface area contributed by atoms with Gasteiger partial charge in [-0.2, -0.15) is 10.1 Å². The van der Waals surface area contributed by atoms with Gasteiger partial charge < -0.3 is 4.42 Å². The zero-order valence-corrected chi connectivity index (χ0v) is 17.7. The molecule has 0 radical (unpaired) electrons. The molecule has 2 heterocycles. The minimum atomic E-state index is -0.280. The van der Waals surface area contributed by atoms with Gasteiger partial charge in [0.05, 0.1) is 22.7 Å². The van der Waals surface area contributed by atoms with Crippen molar-refractivity contribution in [1.82, 2.24) is 4.98 Å². The Morgan fingerprint density at radius 1 is 1.11 bits per heavy atom. The molecule has 5 nitrogen and oxygen atoms in total. The first-order valence-corrected chi connectivity index (χ1v) is 10.2. The second-order valence-corrected chi connectivity index (χ2v) is 8.34. The van der Waals surface area contributed by atoms with Crippen LogP contribution in [0.5, 0.6) is 0 Å². The molecule has 0 saturated heterocycles. The maximum absolute atomic E-state index is 13.1. The number of hydrogen-bond donors (Lipinski definition) is 0. The average Bonchev–Trinajstić information content (AvgIpc) is 3.31. The Balaban J connectivity index is 1.77. The first kappa shape index (κ1) is 18.1. The second kappa shape index (κ2) is 7.75. The van der Waals surface area contributed by atoms with Crippen molar-refractivity contribution < 1.29 is 9.21 Å². The van der Waals surface area contributed by atoms with Crippen molar-refractivity contribution in [3.63, 3.8) is 0 Å². The molecule has 2 aromatic heterocycles. The van der Waals surface area contributed by atoms with E-state index in [9.17, 15) is 4.79 Å². The average molecular weight is 505 g/mol. The normalized spacial score (nSPS) is 11.3. The number of anilines is 1. The molecule has 2 aromatic carbocycles. The van der Waals surface area contributed by atoms with Crippen molar-refractivity contribution in [3.8, 4) is 0 Å². The second-order valence-electron chi connectivity index (χ2n) is 5.50. The quantitative estimate of drug-likeness (QED) is 0.249. The third-order valence-electron chi connectivity index (χ3n) is 3.63. The lowest BCUT2D eigenvalue weighted by atomic mass is 10.2. The molecule has 1 amide bonds. The van der Waals surface area contributed by atoms with Crippen LogP contribution in [0.2, 0.25) is 0 Å². The van der Waals surface area contributed by atoms with Crippen molar-refractivity contribution in [2.24, 2.45) is 5.10 Å². The topological polar surface area (TPSA) is 58.7 Å². The lowest BCUT2D eigenvalue weighted by molar-refractivity contribution is 0.0988. The lowest BCUT2D eigenvalue weighted by Gasteiger charge is -2.13. The Morgan fingerprint density at radius 3 is 2.74 bits per heavy atom. The van der Waals surface area contributed by atoms with Crippen molar-refractivity contribution >= 4 is 70.7 Å². The first-order valence-electron chi connectivity index (χ1n) is 7.84. The van der Waals surface area contributed by atoms with Crippen LogP contribution in [0.3, 0.4) is 0 Å². The molecule has 0 bridgehead atoms. The summed E-state index contributed by atoms with van der Waals surface area (Å²) >= 11 is 8.25. The van der Waals surface area contributed by atoms with Gasteiger partial charge in [-0.05, 0) is 48.5 Å². The minimum Gasteiger partial charge on any atom is -0.463 e. The maximum atomic E-state index is 13.1. The highest BCUT2D eigenvalue weighted by Crippen LogP contribution is 2.32. The standard InChI is InChI=1S/C19H11Br2N3O2S/c20-13-4-1-3-12(9-13)18(25)24(22-11-15-5-2-8-26-15)19-23-16-7-6-14(21)10-17(16)27-19/h1-11H/b22-11+. The van der Waals surface area contributed by atoms with Crippen LogP contribution in [-0.2, 0) is 0 Å². The SMILES string of the molecule is O=C(c1cccc(Br)c1)N(/N=C/c1ccco1)c1nc2ccc(Br)cc2s1. The molecule has 0 N–H and O–H groups in total. The summed E-state index contributed by atoms with van der Waals surface area (Å²) < 4.78 is 8.01. The van der Waals surface area contributed by atoms with E-state index in [1.807, 2.05) is 24.3 Å². The number of rotatable bonds is 4. The van der Waals surface area contributed by atoms with E-state index in [4.69, 9.17) is 4.42 Å². The molecule has 4 rings (SSSR count). The van der Waals surface area contributed by atoms with Crippen LogP contribution in [0, 0.1) is 0 Å². The predicted octanol–water partition coefficient (Wildman–Crippen LogP) is 6.10. The van der Waals surface area contributed by atoms with Crippen molar-refractivity contribution in [3.05, 3.63) is 81.1 Å². The molecule has 0 aliphatic carbocycles. The predicted molar refractivity (Wildman–Crippen MR) is 115 cm³/mol. The number of carbonyl (C=O) groups excluding carboxylic acids is 1. The Bertz CT molecular complexity index is 1140. The fourth-order valence-corrected chi connectivity index (χ4v) is 4.26. The van der Waals surface area contributed by atoms with E-state index in [1.54, 1.807) is 36.6 Å². The molecule has 0 aliphatic heterocycles. The van der Waals surface area contributed by atoms with Crippen LogP contribution in [0.1, 0.15) is 16.1 Å². The maximum Gasteiger partial charge on any atom is 0.280 e. The number of aromatic nitrogens is 1. The molecule has 0 spiro atoms. The molecular formula is C19H11Br2N3O2S. The zero-order valence-electron chi connectivity index (χ0n) is 13.7. The number of nitrogens with zero attached hydrogens (tertiary/aromatic N) is 3. The highest BCUT2D eigenvalue weighted by molar-refractivity contribution is 9.10.